The largest absolute Gasteiger partial charge is 0.206 e. The Labute approximate surface area is 201 Å². The normalized spacial score (nSPS) is 10.9. The fraction of sp³-hybridized carbons (Fsp3) is 0.200. The number of benzene rings is 4. The second-order valence-electron chi connectivity index (χ2n) is 8.49. The van der Waals surface area contributed by atoms with Crippen LogP contribution in [-0.2, 0) is 6.42 Å². The van der Waals surface area contributed by atoms with Gasteiger partial charge in [0.15, 0.2) is 11.6 Å². The fourth-order valence-electron chi connectivity index (χ4n) is 4.05. The second kappa shape index (κ2) is 10.7. The minimum absolute atomic E-state index is 0.0195. The van der Waals surface area contributed by atoms with Crippen molar-refractivity contribution in [2.24, 2.45) is 0 Å². The van der Waals surface area contributed by atoms with E-state index in [1.807, 2.05) is 6.07 Å². The maximum atomic E-state index is 14.9. The number of aryl methyl sites for hydroxylation is 1. The highest BCUT2D eigenvalue weighted by Gasteiger charge is 2.15. The molecule has 35 heavy (non-hydrogen) atoms. The summed E-state index contributed by atoms with van der Waals surface area (Å²) in [5.74, 6) is 1.06. The summed E-state index contributed by atoms with van der Waals surface area (Å²) in [4.78, 5) is 0. The van der Waals surface area contributed by atoms with Gasteiger partial charge in [-0.15, -0.1) is 0 Å². The molecule has 0 aliphatic rings. The third kappa shape index (κ3) is 5.54. The van der Waals surface area contributed by atoms with Gasteiger partial charge in [-0.25, -0.2) is 22.0 Å². The molecule has 4 aromatic rings. The zero-order valence-corrected chi connectivity index (χ0v) is 19.2. The summed E-state index contributed by atoms with van der Waals surface area (Å²) in [6.45, 7) is 2.13. The predicted molar refractivity (Wildman–Crippen MR) is 129 cm³/mol. The highest BCUT2D eigenvalue weighted by atomic mass is 19.2. The molecule has 0 saturated heterocycles. The van der Waals surface area contributed by atoms with Gasteiger partial charge in [0.25, 0.3) is 0 Å². The molecule has 4 rings (SSSR count). The molecule has 5 heteroatoms. The molecule has 0 aliphatic heterocycles. The summed E-state index contributed by atoms with van der Waals surface area (Å²) in [7, 11) is 0. The van der Waals surface area contributed by atoms with Crippen molar-refractivity contribution in [2.75, 3.05) is 0 Å². The molecule has 0 radical (unpaired) electrons. The lowest BCUT2D eigenvalue weighted by atomic mass is 9.98. The average molecular weight is 479 g/mol. The summed E-state index contributed by atoms with van der Waals surface area (Å²) in [5.41, 5.74) is 0.972. The van der Waals surface area contributed by atoms with E-state index in [1.54, 1.807) is 6.07 Å². The van der Waals surface area contributed by atoms with Crippen molar-refractivity contribution in [2.45, 2.75) is 39.0 Å². The summed E-state index contributed by atoms with van der Waals surface area (Å²) >= 11 is 0. The monoisotopic (exact) mass is 478 g/mol. The van der Waals surface area contributed by atoms with Crippen LogP contribution in [0.5, 0.6) is 0 Å². The van der Waals surface area contributed by atoms with E-state index in [9.17, 15) is 22.0 Å². The molecule has 0 nitrogen and oxygen atoms in total. The zero-order valence-electron chi connectivity index (χ0n) is 19.2. The highest BCUT2D eigenvalue weighted by Crippen LogP contribution is 2.31. The first-order valence-corrected chi connectivity index (χ1v) is 11.5. The van der Waals surface area contributed by atoms with Gasteiger partial charge in [0.05, 0.1) is 11.1 Å². The maximum Gasteiger partial charge on any atom is 0.166 e. The SMILES string of the molecule is CCCCCCc1ccc(C#Cc2cc(F)c(-c3ccc4c(F)c(F)ccc4c3)c(F)c2)c(F)c1. The maximum absolute atomic E-state index is 14.9. The summed E-state index contributed by atoms with van der Waals surface area (Å²) in [5, 5.41) is 0.333. The molecule has 0 spiro atoms. The molecule has 0 bridgehead atoms. The summed E-state index contributed by atoms with van der Waals surface area (Å²) in [6.07, 6.45) is 5.17. The smallest absolute Gasteiger partial charge is 0.166 e. The summed E-state index contributed by atoms with van der Waals surface area (Å²) in [6, 6.07) is 13.3. The standard InChI is InChI=1S/C30H23F5/c1-2-3-4-5-6-19-7-9-21(26(32)15-19)10-8-20-16-27(33)29(28(34)17-20)23-11-13-24-22(18-23)12-14-25(31)30(24)35/h7,9,11-18H,2-6H2,1H3. The van der Waals surface area contributed by atoms with Crippen molar-refractivity contribution in [3.8, 4) is 23.0 Å². The number of hydrogen-bond donors (Lipinski definition) is 0. The Hall–Kier alpha value is -3.65. The Morgan fingerprint density at radius 2 is 1.43 bits per heavy atom. The van der Waals surface area contributed by atoms with E-state index in [0.29, 0.717) is 5.39 Å². The van der Waals surface area contributed by atoms with Gasteiger partial charge >= 0.3 is 0 Å². The second-order valence-corrected chi connectivity index (χ2v) is 8.49. The lowest BCUT2D eigenvalue weighted by molar-refractivity contribution is 0.517. The highest BCUT2D eigenvalue weighted by molar-refractivity contribution is 5.88. The van der Waals surface area contributed by atoms with Crippen LogP contribution in [0.2, 0.25) is 0 Å². The number of hydrogen-bond acceptors (Lipinski definition) is 0. The Balaban J connectivity index is 1.58. The van der Waals surface area contributed by atoms with E-state index in [2.05, 4.69) is 18.8 Å². The van der Waals surface area contributed by atoms with Gasteiger partial charge in [0, 0.05) is 10.9 Å². The van der Waals surface area contributed by atoms with Gasteiger partial charge < -0.3 is 0 Å². The van der Waals surface area contributed by atoms with E-state index >= 15 is 0 Å². The van der Waals surface area contributed by atoms with Crippen LogP contribution < -0.4 is 0 Å². The molecule has 0 aliphatic carbocycles. The molecule has 0 fully saturated rings. The van der Waals surface area contributed by atoms with Crippen LogP contribution >= 0.6 is 0 Å². The van der Waals surface area contributed by atoms with Crippen molar-refractivity contribution in [1.82, 2.24) is 0 Å². The summed E-state index contributed by atoms with van der Waals surface area (Å²) < 4.78 is 71.5. The minimum Gasteiger partial charge on any atom is -0.206 e. The fourth-order valence-corrected chi connectivity index (χ4v) is 4.05. The van der Waals surface area contributed by atoms with Gasteiger partial charge in [-0.05, 0) is 65.8 Å². The topological polar surface area (TPSA) is 0 Å². The molecule has 4 aromatic carbocycles. The van der Waals surface area contributed by atoms with Crippen molar-refractivity contribution in [1.29, 1.82) is 0 Å². The van der Waals surface area contributed by atoms with E-state index < -0.39 is 29.1 Å². The lowest BCUT2D eigenvalue weighted by Crippen LogP contribution is -1.94. The number of halogens is 5. The molecule has 0 aromatic heterocycles. The molecule has 0 heterocycles. The van der Waals surface area contributed by atoms with Crippen LogP contribution in [0, 0.1) is 40.9 Å². The van der Waals surface area contributed by atoms with Crippen molar-refractivity contribution < 1.29 is 22.0 Å². The van der Waals surface area contributed by atoms with E-state index in [-0.39, 0.29) is 27.6 Å². The van der Waals surface area contributed by atoms with Crippen molar-refractivity contribution >= 4 is 10.8 Å². The van der Waals surface area contributed by atoms with Crippen LogP contribution in [0.4, 0.5) is 22.0 Å². The first kappa shape index (κ1) is 24.5. The van der Waals surface area contributed by atoms with E-state index in [1.165, 1.54) is 30.3 Å². The minimum atomic E-state index is -1.02. The van der Waals surface area contributed by atoms with Crippen LogP contribution in [0.25, 0.3) is 21.9 Å². The molecule has 0 amide bonds. The first-order chi connectivity index (χ1) is 16.9. The van der Waals surface area contributed by atoms with Crippen molar-refractivity contribution in [3.05, 3.63) is 106 Å². The molecule has 178 valence electrons. The third-order valence-corrected chi connectivity index (χ3v) is 5.93. The van der Waals surface area contributed by atoms with E-state index in [4.69, 9.17) is 0 Å². The van der Waals surface area contributed by atoms with Crippen LogP contribution in [0.3, 0.4) is 0 Å². The van der Waals surface area contributed by atoms with Gasteiger partial charge in [-0.1, -0.05) is 62.3 Å². The van der Waals surface area contributed by atoms with Gasteiger partial charge in [-0.2, -0.15) is 0 Å². The lowest BCUT2D eigenvalue weighted by Gasteiger charge is -2.08. The van der Waals surface area contributed by atoms with Crippen LogP contribution in [0.1, 0.15) is 49.3 Å². The quantitative estimate of drug-likeness (QED) is 0.148. The van der Waals surface area contributed by atoms with Gasteiger partial charge in [-0.3, -0.25) is 0 Å². The van der Waals surface area contributed by atoms with Crippen molar-refractivity contribution in [3.63, 3.8) is 0 Å². The molecule has 0 atom stereocenters. The molecular weight excluding hydrogens is 455 g/mol. The van der Waals surface area contributed by atoms with Crippen LogP contribution in [0.15, 0.2) is 60.7 Å². The first-order valence-electron chi connectivity index (χ1n) is 11.5. The zero-order chi connectivity index (χ0) is 24.9. The molecule has 0 N–H and O–H groups in total. The molecular formula is C30H23F5. The van der Waals surface area contributed by atoms with Gasteiger partial charge in [0.2, 0.25) is 0 Å². The number of fused-ring (bicyclic) bond motifs is 1. The Kier molecular flexibility index (Phi) is 7.51. The van der Waals surface area contributed by atoms with Crippen LogP contribution in [-0.4, -0.2) is 0 Å². The number of unbranched alkanes of at least 4 members (excludes halogenated alkanes) is 3. The molecule has 0 unspecified atom stereocenters. The average Bonchev–Trinajstić information content (AvgIpc) is 2.83. The predicted octanol–water partition coefficient (Wildman–Crippen LogP) is 8.72. The number of rotatable bonds is 6. The Morgan fingerprint density at radius 1 is 0.657 bits per heavy atom. The third-order valence-electron chi connectivity index (χ3n) is 5.93. The molecule has 0 saturated carbocycles. The van der Waals surface area contributed by atoms with Gasteiger partial charge in [0.1, 0.15) is 17.5 Å². The van der Waals surface area contributed by atoms with E-state index in [0.717, 1.165) is 55.9 Å². The Bertz CT molecular complexity index is 1420. The Morgan fingerprint density at radius 3 is 2.14 bits per heavy atom.